The molecule has 0 saturated carbocycles. The van der Waals surface area contributed by atoms with E-state index in [0.717, 1.165) is 60.6 Å². The van der Waals surface area contributed by atoms with Crippen LogP contribution in [-0.4, -0.2) is 5.78 Å². The molecule has 46 heavy (non-hydrogen) atoms. The number of hydrogen-bond donors (Lipinski definition) is 0. The summed E-state index contributed by atoms with van der Waals surface area (Å²) >= 11 is 0. The van der Waals surface area contributed by atoms with Crippen LogP contribution < -0.4 is 0 Å². The average Bonchev–Trinajstić information content (AvgIpc) is 2.99. The quantitative estimate of drug-likeness (QED) is 0.189. The Labute approximate surface area is 284 Å². The number of carbonyl (C=O) groups excluding carboxylic acids is 1. The largest absolute Gasteiger partial charge is 0.300 e. The minimum absolute atomic E-state index is 0.0386. The maximum absolute atomic E-state index is 15.1. The Bertz CT molecular complexity index is 1210. The molecule has 1 aliphatic carbocycles. The van der Waals surface area contributed by atoms with Gasteiger partial charge >= 0.3 is 0 Å². The van der Waals surface area contributed by atoms with Gasteiger partial charge in [0.15, 0.2) is 0 Å². The molecule has 0 bridgehead atoms. The summed E-state index contributed by atoms with van der Waals surface area (Å²) in [6, 6.07) is 14.4. The summed E-state index contributed by atoms with van der Waals surface area (Å²) in [6.07, 6.45) is 15.8. The fourth-order valence-electron chi connectivity index (χ4n) is 6.02. The first-order valence-electron chi connectivity index (χ1n) is 18.1. The van der Waals surface area contributed by atoms with Crippen molar-refractivity contribution in [1.82, 2.24) is 0 Å². The van der Waals surface area contributed by atoms with Crippen LogP contribution in [0.2, 0.25) is 0 Å². The Morgan fingerprint density at radius 3 is 2.13 bits per heavy atom. The van der Waals surface area contributed by atoms with Gasteiger partial charge in [0.25, 0.3) is 0 Å². The minimum atomic E-state index is -0.0386. The predicted molar refractivity (Wildman–Crippen MR) is 202 cm³/mol. The van der Waals surface area contributed by atoms with Gasteiger partial charge in [-0.1, -0.05) is 110 Å². The Morgan fingerprint density at radius 1 is 1.02 bits per heavy atom. The monoisotopic (exact) mass is 633 g/mol. The third-order valence-electron chi connectivity index (χ3n) is 9.57. The van der Waals surface area contributed by atoms with Gasteiger partial charge in [-0.2, -0.15) is 0 Å². The normalized spacial score (nSPS) is 16.5. The molecule has 0 aliphatic heterocycles. The molecular formula is C44H69FO. The molecule has 0 heterocycles. The third-order valence-corrected chi connectivity index (χ3v) is 9.57. The Kier molecular flexibility index (Phi) is 18.7. The number of ketones is 1. The molecule has 2 heteroatoms. The van der Waals surface area contributed by atoms with Crippen molar-refractivity contribution in [1.29, 1.82) is 0 Å². The van der Waals surface area contributed by atoms with E-state index in [-0.39, 0.29) is 11.6 Å². The van der Waals surface area contributed by atoms with Crippen molar-refractivity contribution in [3.05, 3.63) is 88.8 Å². The van der Waals surface area contributed by atoms with E-state index in [2.05, 4.69) is 98.4 Å². The highest BCUT2D eigenvalue weighted by atomic mass is 19.1. The van der Waals surface area contributed by atoms with Crippen molar-refractivity contribution in [2.75, 3.05) is 0 Å². The van der Waals surface area contributed by atoms with E-state index in [1.165, 1.54) is 55.2 Å². The van der Waals surface area contributed by atoms with Gasteiger partial charge < -0.3 is 4.79 Å². The van der Waals surface area contributed by atoms with Gasteiger partial charge in [0.1, 0.15) is 11.6 Å². The summed E-state index contributed by atoms with van der Waals surface area (Å²) in [4.78, 5) is 9.81. The highest BCUT2D eigenvalue weighted by Gasteiger charge is 2.29. The molecule has 3 unspecified atom stereocenters. The fourth-order valence-corrected chi connectivity index (χ4v) is 6.02. The SMILES string of the molecule is C=C(C)CCCC(C)(CC)C(C)CCC1CC=C(c2cc(C)cc(F)c2CCc2ccccc2)CC1.CC(C)(C)C.CCC(C)=O. The molecule has 3 atom stereocenters. The molecule has 2 aromatic carbocycles. The van der Waals surface area contributed by atoms with Crippen molar-refractivity contribution in [2.24, 2.45) is 22.7 Å². The Morgan fingerprint density at radius 2 is 1.63 bits per heavy atom. The van der Waals surface area contributed by atoms with Crippen LogP contribution in [0.3, 0.4) is 0 Å². The van der Waals surface area contributed by atoms with E-state index in [1.54, 1.807) is 13.0 Å². The second-order valence-electron chi connectivity index (χ2n) is 16.0. The van der Waals surface area contributed by atoms with E-state index < -0.39 is 0 Å². The number of halogens is 1. The highest BCUT2D eigenvalue weighted by Crippen LogP contribution is 2.42. The number of carbonyl (C=O) groups is 1. The molecule has 2 aromatic rings. The third kappa shape index (κ3) is 16.9. The lowest BCUT2D eigenvalue weighted by atomic mass is 9.69. The summed E-state index contributed by atoms with van der Waals surface area (Å²) in [5, 5.41) is 0. The lowest BCUT2D eigenvalue weighted by Gasteiger charge is -2.36. The van der Waals surface area contributed by atoms with Gasteiger partial charge in [0.05, 0.1) is 0 Å². The number of hydrogen-bond acceptors (Lipinski definition) is 1. The summed E-state index contributed by atoms with van der Waals surface area (Å²) in [5.74, 6) is 1.72. The number of Topliss-reactive ketones (excluding diaryl/α,β-unsaturated/α-hetero) is 1. The zero-order valence-corrected chi connectivity index (χ0v) is 31.8. The molecular weight excluding hydrogens is 563 g/mol. The van der Waals surface area contributed by atoms with Crippen LogP contribution in [0.4, 0.5) is 4.39 Å². The van der Waals surface area contributed by atoms with E-state index in [9.17, 15) is 4.79 Å². The van der Waals surface area contributed by atoms with Gasteiger partial charge in [0, 0.05) is 6.42 Å². The van der Waals surface area contributed by atoms with E-state index in [1.807, 2.05) is 19.9 Å². The van der Waals surface area contributed by atoms with Gasteiger partial charge in [0.2, 0.25) is 0 Å². The van der Waals surface area contributed by atoms with Gasteiger partial charge in [-0.15, -0.1) is 6.58 Å². The second-order valence-corrected chi connectivity index (χ2v) is 16.0. The molecule has 0 spiro atoms. The van der Waals surface area contributed by atoms with Crippen molar-refractivity contribution in [2.45, 2.75) is 153 Å². The summed E-state index contributed by atoms with van der Waals surface area (Å²) in [7, 11) is 0. The first-order valence-corrected chi connectivity index (χ1v) is 18.1. The summed E-state index contributed by atoms with van der Waals surface area (Å²) < 4.78 is 15.1. The molecule has 0 amide bonds. The maximum Gasteiger partial charge on any atom is 0.129 e. The van der Waals surface area contributed by atoms with Gasteiger partial charge in [-0.05, 0) is 142 Å². The first-order chi connectivity index (χ1) is 21.5. The second kappa shape index (κ2) is 20.7. The number of benzene rings is 2. The van der Waals surface area contributed by atoms with E-state index in [0.29, 0.717) is 17.3 Å². The van der Waals surface area contributed by atoms with Crippen LogP contribution in [0.25, 0.3) is 5.57 Å². The van der Waals surface area contributed by atoms with Crippen LogP contribution in [0.1, 0.15) is 156 Å². The molecule has 0 aromatic heterocycles. The first kappa shape index (κ1) is 41.5. The standard InChI is InChI=1S/C35H49F.C5H12.C4H8O/c1-7-35(6,23-11-12-26(2)3)28(5)15-16-30-17-20-31(21-18-30)33-24-27(4)25-34(36)32(33)22-19-29-13-9-8-10-14-29;1-5(2,3)4;1-3-4(2)5/h8-10,13-14,20,24-25,28,30H,2,7,11-12,15-19,21-23H2,1,3-6H3;1-4H3;3H2,1-2H3. The van der Waals surface area contributed by atoms with E-state index >= 15 is 4.39 Å². The molecule has 1 nitrogen and oxygen atoms in total. The smallest absolute Gasteiger partial charge is 0.129 e. The molecule has 0 radical (unpaired) electrons. The fraction of sp³-hybridized carbons (Fsp3) is 0.614. The number of rotatable bonds is 14. The van der Waals surface area contributed by atoms with Crippen molar-refractivity contribution in [3.8, 4) is 0 Å². The van der Waals surface area contributed by atoms with Crippen molar-refractivity contribution in [3.63, 3.8) is 0 Å². The molecule has 258 valence electrons. The van der Waals surface area contributed by atoms with Crippen LogP contribution in [-0.2, 0) is 17.6 Å². The van der Waals surface area contributed by atoms with Gasteiger partial charge in [-0.25, -0.2) is 4.39 Å². The predicted octanol–water partition coefficient (Wildman–Crippen LogP) is 13.7. The van der Waals surface area contributed by atoms with Crippen molar-refractivity contribution < 1.29 is 9.18 Å². The number of allylic oxidation sites excluding steroid dienone is 3. The maximum atomic E-state index is 15.1. The molecule has 1 aliphatic rings. The molecule has 0 fully saturated rings. The summed E-state index contributed by atoms with van der Waals surface area (Å²) in [6.45, 7) is 27.8. The topological polar surface area (TPSA) is 17.1 Å². The molecule has 0 N–H and O–H groups in total. The Balaban J connectivity index is 0.000000919. The van der Waals surface area contributed by atoms with Crippen molar-refractivity contribution >= 4 is 11.4 Å². The molecule has 3 rings (SSSR count). The van der Waals surface area contributed by atoms with E-state index in [4.69, 9.17) is 0 Å². The lowest BCUT2D eigenvalue weighted by Crippen LogP contribution is -2.25. The van der Waals surface area contributed by atoms with Gasteiger partial charge in [-0.3, -0.25) is 0 Å². The summed E-state index contributed by atoms with van der Waals surface area (Å²) in [5.41, 5.74) is 7.95. The zero-order valence-electron chi connectivity index (χ0n) is 31.8. The molecule has 0 saturated heterocycles. The Hall–Kier alpha value is -2.48. The minimum Gasteiger partial charge on any atom is -0.300 e. The van der Waals surface area contributed by atoms with Crippen LogP contribution in [0, 0.1) is 35.4 Å². The zero-order chi connectivity index (χ0) is 34.9. The average molecular weight is 633 g/mol. The van der Waals surface area contributed by atoms with Crippen LogP contribution >= 0.6 is 0 Å². The van der Waals surface area contributed by atoms with Crippen LogP contribution in [0.15, 0.2) is 60.7 Å². The number of aryl methyl sites for hydroxylation is 2. The van der Waals surface area contributed by atoms with Crippen LogP contribution in [0.5, 0.6) is 0 Å². The highest BCUT2D eigenvalue weighted by molar-refractivity contribution is 5.74. The lowest BCUT2D eigenvalue weighted by molar-refractivity contribution is -0.116.